The first-order valence-corrected chi connectivity index (χ1v) is 7.80. The van der Waals surface area contributed by atoms with Gasteiger partial charge in [0.2, 0.25) is 0 Å². The lowest BCUT2D eigenvalue weighted by atomic mass is 10.1. The number of rotatable bonds is 5. The average Bonchev–Trinajstić information content (AvgIpc) is 2.96. The van der Waals surface area contributed by atoms with E-state index in [1.807, 2.05) is 0 Å². The van der Waals surface area contributed by atoms with Crippen LogP contribution < -0.4 is 5.32 Å². The Morgan fingerprint density at radius 1 is 1.20 bits per heavy atom. The van der Waals surface area contributed by atoms with E-state index in [0.717, 1.165) is 30.2 Å². The largest absolute Gasteiger partial charge is 0.311 e. The van der Waals surface area contributed by atoms with Gasteiger partial charge in [-0.15, -0.1) is 11.3 Å². The van der Waals surface area contributed by atoms with Gasteiger partial charge in [-0.2, -0.15) is 0 Å². The van der Waals surface area contributed by atoms with Crippen LogP contribution in [0.4, 0.5) is 0 Å². The number of aromatic nitrogens is 2. The molecule has 20 heavy (non-hydrogen) atoms. The molecule has 1 aromatic carbocycles. The highest BCUT2D eigenvalue weighted by molar-refractivity contribution is 7.15. The van der Waals surface area contributed by atoms with Crippen molar-refractivity contribution in [1.82, 2.24) is 14.7 Å². The van der Waals surface area contributed by atoms with Crippen molar-refractivity contribution in [2.45, 2.75) is 26.8 Å². The van der Waals surface area contributed by atoms with Gasteiger partial charge in [0.15, 0.2) is 4.96 Å². The summed E-state index contributed by atoms with van der Waals surface area (Å²) >= 11 is 1.71. The molecule has 0 amide bonds. The number of hydrogen-bond donors (Lipinski definition) is 1. The van der Waals surface area contributed by atoms with E-state index in [1.54, 1.807) is 11.3 Å². The molecular weight excluding hydrogens is 266 g/mol. The molecule has 0 saturated carbocycles. The third kappa shape index (κ3) is 2.62. The van der Waals surface area contributed by atoms with Crippen LogP contribution in [0.5, 0.6) is 0 Å². The van der Waals surface area contributed by atoms with E-state index in [-0.39, 0.29) is 0 Å². The molecule has 2 heterocycles. The first kappa shape index (κ1) is 13.3. The summed E-state index contributed by atoms with van der Waals surface area (Å²) in [5.41, 5.74) is 5.06. The fourth-order valence-electron chi connectivity index (χ4n) is 2.46. The zero-order chi connectivity index (χ0) is 13.9. The molecule has 4 heteroatoms. The first-order chi connectivity index (χ1) is 9.75. The van der Waals surface area contributed by atoms with E-state index in [2.05, 4.69) is 64.3 Å². The summed E-state index contributed by atoms with van der Waals surface area (Å²) in [6.07, 6.45) is 1.06. The Morgan fingerprint density at radius 3 is 2.80 bits per heavy atom. The zero-order valence-electron chi connectivity index (χ0n) is 11.9. The molecule has 0 fully saturated rings. The Balaban J connectivity index is 1.63. The third-order valence-electron chi connectivity index (χ3n) is 3.56. The van der Waals surface area contributed by atoms with Crippen molar-refractivity contribution < 1.29 is 0 Å². The SMILES string of the molecule is Cc1nc2scc(C)n2c1CNCCc1ccccc1. The Labute approximate surface area is 123 Å². The highest BCUT2D eigenvalue weighted by Gasteiger charge is 2.11. The van der Waals surface area contributed by atoms with E-state index >= 15 is 0 Å². The minimum absolute atomic E-state index is 0.872. The fourth-order valence-corrected chi connectivity index (χ4v) is 3.39. The molecule has 0 aliphatic rings. The average molecular weight is 285 g/mol. The van der Waals surface area contributed by atoms with Crippen molar-refractivity contribution >= 4 is 16.3 Å². The van der Waals surface area contributed by atoms with Crippen molar-refractivity contribution in [1.29, 1.82) is 0 Å². The normalized spacial score (nSPS) is 11.3. The van der Waals surface area contributed by atoms with E-state index in [9.17, 15) is 0 Å². The van der Waals surface area contributed by atoms with Crippen LogP contribution in [-0.2, 0) is 13.0 Å². The zero-order valence-corrected chi connectivity index (χ0v) is 12.7. The molecule has 104 valence electrons. The Kier molecular flexibility index (Phi) is 3.85. The molecule has 0 bridgehead atoms. The second-order valence-electron chi connectivity index (χ2n) is 5.05. The number of hydrogen-bond acceptors (Lipinski definition) is 3. The summed E-state index contributed by atoms with van der Waals surface area (Å²) in [6.45, 7) is 6.09. The van der Waals surface area contributed by atoms with Crippen LogP contribution in [0.3, 0.4) is 0 Å². The molecule has 0 atom stereocenters. The number of imidazole rings is 1. The fraction of sp³-hybridized carbons (Fsp3) is 0.312. The highest BCUT2D eigenvalue weighted by atomic mass is 32.1. The summed E-state index contributed by atoms with van der Waals surface area (Å²) in [5, 5.41) is 5.69. The lowest BCUT2D eigenvalue weighted by Gasteiger charge is -2.06. The molecule has 0 aliphatic heterocycles. The van der Waals surface area contributed by atoms with Gasteiger partial charge in [0.1, 0.15) is 0 Å². The van der Waals surface area contributed by atoms with E-state index < -0.39 is 0 Å². The predicted octanol–water partition coefficient (Wildman–Crippen LogP) is 3.34. The summed E-state index contributed by atoms with van der Waals surface area (Å²) in [5.74, 6) is 0. The number of fused-ring (bicyclic) bond motifs is 1. The minimum Gasteiger partial charge on any atom is -0.311 e. The summed E-state index contributed by atoms with van der Waals surface area (Å²) < 4.78 is 2.26. The monoisotopic (exact) mass is 285 g/mol. The quantitative estimate of drug-likeness (QED) is 0.729. The van der Waals surface area contributed by atoms with Crippen molar-refractivity contribution in [3.8, 4) is 0 Å². The van der Waals surface area contributed by atoms with Crippen molar-refractivity contribution in [3.63, 3.8) is 0 Å². The molecule has 0 radical (unpaired) electrons. The molecule has 3 aromatic rings. The third-order valence-corrected chi connectivity index (χ3v) is 4.50. The standard InChI is InChI=1S/C16H19N3S/c1-12-11-20-16-18-13(2)15(19(12)16)10-17-9-8-14-6-4-3-5-7-14/h3-7,11,17H,8-10H2,1-2H3. The lowest BCUT2D eigenvalue weighted by molar-refractivity contribution is 0.667. The van der Waals surface area contributed by atoms with Crippen LogP contribution in [-0.4, -0.2) is 15.9 Å². The Hall–Kier alpha value is -1.65. The lowest BCUT2D eigenvalue weighted by Crippen LogP contribution is -2.18. The van der Waals surface area contributed by atoms with Gasteiger partial charge in [-0.3, -0.25) is 4.40 Å². The van der Waals surface area contributed by atoms with Gasteiger partial charge in [0, 0.05) is 17.6 Å². The number of thiazole rings is 1. The molecule has 0 unspecified atom stereocenters. The van der Waals surface area contributed by atoms with Gasteiger partial charge in [-0.05, 0) is 32.4 Å². The van der Waals surface area contributed by atoms with Crippen molar-refractivity contribution in [2.24, 2.45) is 0 Å². The Morgan fingerprint density at radius 2 is 2.00 bits per heavy atom. The first-order valence-electron chi connectivity index (χ1n) is 6.92. The second kappa shape index (κ2) is 5.77. The molecular formula is C16H19N3S. The van der Waals surface area contributed by atoms with Gasteiger partial charge in [-0.25, -0.2) is 4.98 Å². The number of aryl methyl sites for hydroxylation is 2. The Bertz CT molecular complexity index is 697. The number of nitrogens with zero attached hydrogens (tertiary/aromatic N) is 2. The minimum atomic E-state index is 0.872. The van der Waals surface area contributed by atoms with Gasteiger partial charge < -0.3 is 5.32 Å². The molecule has 1 N–H and O–H groups in total. The van der Waals surface area contributed by atoms with Crippen LogP contribution in [0.2, 0.25) is 0 Å². The predicted molar refractivity (Wildman–Crippen MR) is 84.4 cm³/mol. The van der Waals surface area contributed by atoms with Gasteiger partial charge >= 0.3 is 0 Å². The van der Waals surface area contributed by atoms with Crippen LogP contribution in [0.15, 0.2) is 35.7 Å². The molecule has 3 nitrogen and oxygen atoms in total. The van der Waals surface area contributed by atoms with Crippen LogP contribution >= 0.6 is 11.3 Å². The van der Waals surface area contributed by atoms with E-state index in [4.69, 9.17) is 0 Å². The molecule has 0 spiro atoms. The van der Waals surface area contributed by atoms with Crippen molar-refractivity contribution in [2.75, 3.05) is 6.54 Å². The summed E-state index contributed by atoms with van der Waals surface area (Å²) in [4.78, 5) is 5.71. The summed E-state index contributed by atoms with van der Waals surface area (Å²) in [7, 11) is 0. The van der Waals surface area contributed by atoms with E-state index in [0.29, 0.717) is 0 Å². The van der Waals surface area contributed by atoms with Gasteiger partial charge in [0.05, 0.1) is 11.4 Å². The smallest absolute Gasteiger partial charge is 0.194 e. The maximum Gasteiger partial charge on any atom is 0.194 e. The maximum absolute atomic E-state index is 4.61. The molecule has 2 aromatic heterocycles. The maximum atomic E-state index is 4.61. The van der Waals surface area contributed by atoms with E-state index in [1.165, 1.54) is 17.0 Å². The molecule has 0 saturated heterocycles. The summed E-state index contributed by atoms with van der Waals surface area (Å²) in [6, 6.07) is 10.6. The topological polar surface area (TPSA) is 29.3 Å². The van der Waals surface area contributed by atoms with Crippen LogP contribution in [0, 0.1) is 13.8 Å². The molecule has 3 rings (SSSR count). The van der Waals surface area contributed by atoms with Crippen LogP contribution in [0.25, 0.3) is 4.96 Å². The number of nitrogens with one attached hydrogen (secondary N) is 1. The van der Waals surface area contributed by atoms with Gasteiger partial charge in [0.25, 0.3) is 0 Å². The number of benzene rings is 1. The van der Waals surface area contributed by atoms with Gasteiger partial charge in [-0.1, -0.05) is 30.3 Å². The van der Waals surface area contributed by atoms with Crippen LogP contribution in [0.1, 0.15) is 22.6 Å². The molecule has 0 aliphatic carbocycles. The van der Waals surface area contributed by atoms with Crippen molar-refractivity contribution in [3.05, 3.63) is 58.4 Å². The second-order valence-corrected chi connectivity index (χ2v) is 5.89. The highest BCUT2D eigenvalue weighted by Crippen LogP contribution is 2.20.